The quantitative estimate of drug-likeness (QED) is 0.730. The molecule has 2 aliphatic heterocycles. The van der Waals surface area contributed by atoms with E-state index in [2.05, 4.69) is 12.2 Å². The molecule has 0 radical (unpaired) electrons. The molecule has 3 aliphatic rings. The van der Waals surface area contributed by atoms with Gasteiger partial charge in [-0.1, -0.05) is 26.2 Å². The van der Waals surface area contributed by atoms with Gasteiger partial charge in [0.05, 0.1) is 10.3 Å². The van der Waals surface area contributed by atoms with Gasteiger partial charge in [-0.2, -0.15) is 4.31 Å². The van der Waals surface area contributed by atoms with E-state index in [-0.39, 0.29) is 29.3 Å². The van der Waals surface area contributed by atoms with Gasteiger partial charge < -0.3 is 10.2 Å². The van der Waals surface area contributed by atoms with Gasteiger partial charge in [0.25, 0.3) is 0 Å². The second-order valence-electron chi connectivity index (χ2n) is 10.2. The lowest BCUT2D eigenvalue weighted by molar-refractivity contribution is -0.126. The zero-order valence-corrected chi connectivity index (χ0v) is 20.2. The van der Waals surface area contributed by atoms with Gasteiger partial charge in [-0.25, -0.2) is 8.42 Å². The molecule has 0 aromatic heterocycles. The zero-order chi connectivity index (χ0) is 23.1. The van der Waals surface area contributed by atoms with E-state index < -0.39 is 15.4 Å². The number of hydrogen-bond acceptors (Lipinski definition) is 4. The molecular weight excluding hydrogens is 426 g/mol. The first kappa shape index (κ1) is 23.2. The predicted octanol–water partition coefficient (Wildman–Crippen LogP) is 3.18. The smallest absolute Gasteiger partial charge is 0.243 e. The van der Waals surface area contributed by atoms with Gasteiger partial charge in [0.1, 0.15) is 6.54 Å². The Kier molecular flexibility index (Phi) is 6.38. The Bertz CT molecular complexity index is 998. The van der Waals surface area contributed by atoms with Crippen LogP contribution in [0.2, 0.25) is 0 Å². The number of benzene rings is 1. The Hall–Kier alpha value is -1.93. The average Bonchev–Trinajstić information content (AvgIpc) is 2.95. The molecule has 1 aromatic carbocycles. The molecule has 2 amide bonds. The molecule has 0 spiro atoms. The number of hydrogen-bond donors (Lipinski definition) is 1. The minimum absolute atomic E-state index is 0.0402. The molecule has 1 aromatic rings. The van der Waals surface area contributed by atoms with Crippen LogP contribution in [0.3, 0.4) is 0 Å². The highest BCUT2D eigenvalue weighted by Crippen LogP contribution is 2.43. The molecule has 8 heteroatoms. The molecule has 0 bridgehead atoms. The number of piperidine rings is 1. The number of sulfonamides is 1. The van der Waals surface area contributed by atoms with Crippen LogP contribution < -0.4 is 10.2 Å². The lowest BCUT2D eigenvalue weighted by atomic mass is 9.86. The van der Waals surface area contributed by atoms with Crippen molar-refractivity contribution in [2.45, 2.75) is 82.1 Å². The topological polar surface area (TPSA) is 86.8 Å². The number of rotatable bonds is 5. The third-order valence-corrected chi connectivity index (χ3v) is 9.10. The Balaban J connectivity index is 1.57. The predicted molar refractivity (Wildman–Crippen MR) is 124 cm³/mol. The second kappa shape index (κ2) is 8.78. The number of carbonyl (C=O) groups excluding carboxylic acids is 2. The van der Waals surface area contributed by atoms with Gasteiger partial charge in [0.15, 0.2) is 0 Å². The number of nitrogens with one attached hydrogen (secondary N) is 1. The fraction of sp³-hybridized carbons (Fsp3) is 0.667. The summed E-state index contributed by atoms with van der Waals surface area (Å²) in [4.78, 5) is 27.6. The first-order valence-corrected chi connectivity index (χ1v) is 13.3. The number of fused-ring (bicyclic) bond motifs is 1. The molecule has 176 valence electrons. The minimum atomic E-state index is -3.62. The number of carbonyl (C=O) groups is 2. The van der Waals surface area contributed by atoms with E-state index in [0.29, 0.717) is 30.3 Å². The summed E-state index contributed by atoms with van der Waals surface area (Å²) in [5.41, 5.74) is 0.408. The molecule has 2 heterocycles. The van der Waals surface area contributed by atoms with E-state index in [4.69, 9.17) is 0 Å². The summed E-state index contributed by atoms with van der Waals surface area (Å²) in [7, 11) is -3.62. The normalized spacial score (nSPS) is 24.4. The van der Waals surface area contributed by atoms with E-state index in [1.165, 1.54) is 11.3 Å². The van der Waals surface area contributed by atoms with Crippen LogP contribution in [0.1, 0.15) is 71.3 Å². The van der Waals surface area contributed by atoms with E-state index in [1.807, 2.05) is 0 Å². The monoisotopic (exact) mass is 461 g/mol. The van der Waals surface area contributed by atoms with Crippen molar-refractivity contribution in [2.75, 3.05) is 24.5 Å². The molecule has 1 atom stereocenters. The standard InChI is InChI=1S/C24H35N3O4S/c1-17-8-7-13-26(15-17)32(30,31)19-11-12-21-20(14-19)24(2,3)23(29)27(21)16-22(28)25-18-9-5-4-6-10-18/h11-12,14,17-18H,4-10,13,15-16H2,1-3H3,(H,25,28)/t17-/m0/s1. The van der Waals surface area contributed by atoms with Crippen molar-refractivity contribution < 1.29 is 18.0 Å². The SMILES string of the molecule is C[C@H]1CCCN(S(=O)(=O)c2ccc3c(c2)C(C)(C)C(=O)N3CC(=O)NC2CCCCC2)C1. The van der Waals surface area contributed by atoms with Crippen LogP contribution in [0.4, 0.5) is 5.69 Å². The fourth-order valence-electron chi connectivity index (χ4n) is 5.31. The minimum Gasteiger partial charge on any atom is -0.352 e. The Labute approximate surface area is 191 Å². The summed E-state index contributed by atoms with van der Waals surface area (Å²) in [5.74, 6) is 0.00415. The molecule has 1 saturated heterocycles. The summed E-state index contributed by atoms with van der Waals surface area (Å²) >= 11 is 0. The molecule has 2 fully saturated rings. The first-order chi connectivity index (χ1) is 15.1. The van der Waals surface area contributed by atoms with Gasteiger partial charge in [-0.3, -0.25) is 9.59 Å². The zero-order valence-electron chi connectivity index (χ0n) is 19.4. The Morgan fingerprint density at radius 1 is 1.12 bits per heavy atom. The summed E-state index contributed by atoms with van der Waals surface area (Å²) in [6.45, 7) is 6.68. The first-order valence-electron chi connectivity index (χ1n) is 11.9. The van der Waals surface area contributed by atoms with Gasteiger partial charge >= 0.3 is 0 Å². The molecule has 1 N–H and O–H groups in total. The summed E-state index contributed by atoms with van der Waals surface area (Å²) in [6, 6.07) is 5.09. The van der Waals surface area contributed by atoms with Crippen LogP contribution in [0.5, 0.6) is 0 Å². The second-order valence-corrected chi connectivity index (χ2v) is 12.1. The highest BCUT2D eigenvalue weighted by Gasteiger charge is 2.45. The molecule has 1 aliphatic carbocycles. The molecule has 32 heavy (non-hydrogen) atoms. The molecule has 0 unspecified atom stereocenters. The highest BCUT2D eigenvalue weighted by atomic mass is 32.2. The third kappa shape index (κ3) is 4.31. The lowest BCUT2D eigenvalue weighted by Gasteiger charge is -2.30. The largest absolute Gasteiger partial charge is 0.352 e. The van der Waals surface area contributed by atoms with E-state index in [0.717, 1.165) is 38.5 Å². The molecule has 1 saturated carbocycles. The van der Waals surface area contributed by atoms with Crippen molar-refractivity contribution in [2.24, 2.45) is 5.92 Å². The van der Waals surface area contributed by atoms with Crippen LogP contribution in [0, 0.1) is 5.92 Å². The van der Waals surface area contributed by atoms with Gasteiger partial charge in [-0.05, 0) is 69.2 Å². The maximum atomic E-state index is 13.3. The van der Waals surface area contributed by atoms with Gasteiger partial charge in [-0.15, -0.1) is 0 Å². The van der Waals surface area contributed by atoms with Crippen molar-refractivity contribution >= 4 is 27.5 Å². The van der Waals surface area contributed by atoms with Crippen molar-refractivity contribution in [1.29, 1.82) is 0 Å². The highest BCUT2D eigenvalue weighted by molar-refractivity contribution is 7.89. The maximum Gasteiger partial charge on any atom is 0.243 e. The number of amides is 2. The number of nitrogens with zero attached hydrogens (tertiary/aromatic N) is 2. The van der Waals surface area contributed by atoms with Crippen LogP contribution >= 0.6 is 0 Å². The van der Waals surface area contributed by atoms with Gasteiger partial charge in [0.2, 0.25) is 21.8 Å². The molecule has 7 nitrogen and oxygen atoms in total. The van der Waals surface area contributed by atoms with Crippen molar-refractivity contribution in [3.63, 3.8) is 0 Å². The van der Waals surface area contributed by atoms with E-state index in [1.54, 1.807) is 36.4 Å². The Morgan fingerprint density at radius 2 is 1.84 bits per heavy atom. The summed E-state index contributed by atoms with van der Waals surface area (Å²) in [5, 5.41) is 3.07. The van der Waals surface area contributed by atoms with Crippen molar-refractivity contribution in [3.05, 3.63) is 23.8 Å². The Morgan fingerprint density at radius 3 is 2.53 bits per heavy atom. The van der Waals surface area contributed by atoms with Crippen molar-refractivity contribution in [1.82, 2.24) is 9.62 Å². The van der Waals surface area contributed by atoms with E-state index in [9.17, 15) is 18.0 Å². The lowest BCUT2D eigenvalue weighted by Crippen LogP contribution is -2.45. The average molecular weight is 462 g/mol. The van der Waals surface area contributed by atoms with Gasteiger partial charge in [0, 0.05) is 24.8 Å². The van der Waals surface area contributed by atoms with Crippen LogP contribution in [-0.2, 0) is 25.0 Å². The maximum absolute atomic E-state index is 13.3. The van der Waals surface area contributed by atoms with E-state index >= 15 is 0 Å². The van der Waals surface area contributed by atoms with Crippen molar-refractivity contribution in [3.8, 4) is 0 Å². The fourth-order valence-corrected chi connectivity index (χ4v) is 6.93. The van der Waals surface area contributed by atoms with Crippen LogP contribution in [0.25, 0.3) is 0 Å². The number of anilines is 1. The third-order valence-electron chi connectivity index (χ3n) is 7.24. The molecular formula is C24H35N3O4S. The summed E-state index contributed by atoms with van der Waals surface area (Å²) in [6.07, 6.45) is 7.32. The summed E-state index contributed by atoms with van der Waals surface area (Å²) < 4.78 is 28.1. The van der Waals surface area contributed by atoms with Crippen LogP contribution in [-0.4, -0.2) is 50.2 Å². The molecule has 4 rings (SSSR count). The van der Waals surface area contributed by atoms with Crippen LogP contribution in [0.15, 0.2) is 23.1 Å².